The number of carbonyl (C=O) groups is 1. The molecule has 0 aliphatic heterocycles. The molecule has 2 rings (SSSR count). The van der Waals surface area contributed by atoms with Gasteiger partial charge in [0.25, 0.3) is 11.2 Å². The molecular weight excluding hydrogens is 307 g/mol. The fourth-order valence-electron chi connectivity index (χ4n) is 1.92. The van der Waals surface area contributed by atoms with Crippen molar-refractivity contribution in [1.82, 2.24) is 9.97 Å². The summed E-state index contributed by atoms with van der Waals surface area (Å²) in [5.41, 5.74) is -0.200. The van der Waals surface area contributed by atoms with Crippen LogP contribution in [-0.4, -0.2) is 33.1 Å². The van der Waals surface area contributed by atoms with Crippen LogP contribution in [0.4, 0.5) is 5.69 Å². The first-order chi connectivity index (χ1) is 10.9. The van der Waals surface area contributed by atoms with Gasteiger partial charge in [0.05, 0.1) is 24.0 Å². The second-order valence-corrected chi connectivity index (χ2v) is 4.67. The lowest BCUT2D eigenvalue weighted by molar-refractivity contribution is -0.384. The summed E-state index contributed by atoms with van der Waals surface area (Å²) in [5.74, 6) is -1.04. The minimum Gasteiger partial charge on any atom is -0.493 e. The van der Waals surface area contributed by atoms with Crippen molar-refractivity contribution in [2.75, 3.05) is 7.11 Å². The largest absolute Gasteiger partial charge is 0.493 e. The molecule has 9 nitrogen and oxygen atoms in total. The highest BCUT2D eigenvalue weighted by molar-refractivity contribution is 5.72. The fourth-order valence-corrected chi connectivity index (χ4v) is 1.92. The van der Waals surface area contributed by atoms with E-state index in [1.165, 1.54) is 31.4 Å². The first-order valence-electron chi connectivity index (χ1n) is 6.52. The number of benzene rings is 1. The third-order valence-electron chi connectivity index (χ3n) is 3.11. The zero-order valence-electron chi connectivity index (χ0n) is 12.1. The molecule has 0 spiro atoms. The molecule has 0 radical (unpaired) electrons. The number of carbonyl (C=O) groups excluding carboxylic acids is 1. The topological polar surface area (TPSA) is 135 Å². The molecule has 23 heavy (non-hydrogen) atoms. The van der Waals surface area contributed by atoms with Crippen molar-refractivity contribution < 1.29 is 19.6 Å². The Morgan fingerprint density at radius 1 is 1.39 bits per heavy atom. The normalized spacial score (nSPS) is 10.3. The number of nitrogens with one attached hydrogen (secondary N) is 1. The van der Waals surface area contributed by atoms with Gasteiger partial charge in [-0.05, 0) is 5.56 Å². The zero-order valence-corrected chi connectivity index (χ0v) is 12.1. The molecule has 0 amide bonds. The third-order valence-corrected chi connectivity index (χ3v) is 3.11. The first-order valence-corrected chi connectivity index (χ1v) is 6.52. The van der Waals surface area contributed by atoms with Gasteiger partial charge in [-0.25, -0.2) is 0 Å². The number of aromatic amines is 1. The Kier molecular flexibility index (Phi) is 4.69. The molecule has 0 saturated carbocycles. The Morgan fingerprint density at radius 2 is 2.04 bits per heavy atom. The van der Waals surface area contributed by atoms with Gasteiger partial charge in [-0.2, -0.15) is 4.98 Å². The van der Waals surface area contributed by atoms with E-state index in [1.807, 2.05) is 0 Å². The Morgan fingerprint density at radius 3 is 2.57 bits per heavy atom. The van der Waals surface area contributed by atoms with Gasteiger partial charge >= 0.3 is 5.97 Å². The number of ether oxygens (including phenoxy) is 1. The highest BCUT2D eigenvalue weighted by Gasteiger charge is 2.15. The Balaban J connectivity index is 2.22. The standard InChI is InChI=1S/C14H13N3O6/c1-23-12(18)7-10-13(19)15-11(16-14(10)20)6-8-2-4-9(5-3-8)17(21)22/h2-5H,6-7H2,1H3,(H2,15,16,19,20)/i11+1. The predicted molar refractivity (Wildman–Crippen MR) is 78.1 cm³/mol. The number of nitro benzene ring substituents is 1. The number of nitrogens with zero attached hydrogens (tertiary/aromatic N) is 2. The second-order valence-electron chi connectivity index (χ2n) is 4.67. The molecule has 1 aromatic carbocycles. The quantitative estimate of drug-likeness (QED) is 0.470. The maximum atomic E-state index is 11.9. The van der Waals surface area contributed by atoms with Crippen LogP contribution in [-0.2, 0) is 22.4 Å². The summed E-state index contributed by atoms with van der Waals surface area (Å²) in [5, 5.41) is 20.4. The summed E-state index contributed by atoms with van der Waals surface area (Å²) >= 11 is 0. The second kappa shape index (κ2) is 6.69. The van der Waals surface area contributed by atoms with Gasteiger partial charge in [0, 0.05) is 18.6 Å². The van der Waals surface area contributed by atoms with Crippen LogP contribution in [0.25, 0.3) is 0 Å². The van der Waals surface area contributed by atoms with Gasteiger partial charge in [0.2, 0.25) is 5.88 Å². The predicted octanol–water partition coefficient (Wildman–Crippen LogP) is 0.690. The monoisotopic (exact) mass is 320 g/mol. The highest BCUT2D eigenvalue weighted by atomic mass is 16.6. The molecule has 2 aromatic rings. The molecular formula is C14H13N3O6. The molecule has 0 aliphatic rings. The van der Waals surface area contributed by atoms with E-state index in [4.69, 9.17) is 0 Å². The average Bonchev–Trinajstić information content (AvgIpc) is 2.51. The molecule has 0 aliphatic carbocycles. The third kappa shape index (κ3) is 3.90. The van der Waals surface area contributed by atoms with Crippen LogP contribution in [0.1, 0.15) is 17.0 Å². The number of non-ortho nitro benzene ring substituents is 1. The minimum atomic E-state index is -0.671. The minimum absolute atomic E-state index is 0.0496. The maximum absolute atomic E-state index is 11.9. The molecule has 2 N–H and O–H groups in total. The average molecular weight is 320 g/mol. The molecule has 1 heterocycles. The fraction of sp³-hybridized carbons (Fsp3) is 0.214. The summed E-state index contributed by atoms with van der Waals surface area (Å²) in [6.07, 6.45) is -0.220. The van der Waals surface area contributed by atoms with Crippen molar-refractivity contribution in [3.05, 3.63) is 61.7 Å². The molecule has 0 unspecified atom stereocenters. The van der Waals surface area contributed by atoms with Gasteiger partial charge in [-0.1, -0.05) is 12.1 Å². The Bertz CT molecular complexity index is 797. The van der Waals surface area contributed by atoms with E-state index < -0.39 is 22.3 Å². The van der Waals surface area contributed by atoms with Crippen LogP contribution >= 0.6 is 0 Å². The lowest BCUT2D eigenvalue weighted by Crippen LogP contribution is -2.20. The van der Waals surface area contributed by atoms with Crippen LogP contribution in [0.15, 0.2) is 29.1 Å². The number of esters is 1. The van der Waals surface area contributed by atoms with Crippen LogP contribution in [0.3, 0.4) is 0 Å². The maximum Gasteiger partial charge on any atom is 0.310 e. The van der Waals surface area contributed by atoms with Crippen molar-refractivity contribution in [3.63, 3.8) is 0 Å². The summed E-state index contributed by atoms with van der Waals surface area (Å²) in [6, 6.07) is 5.72. The van der Waals surface area contributed by atoms with E-state index in [2.05, 4.69) is 14.7 Å². The summed E-state index contributed by atoms with van der Waals surface area (Å²) in [4.78, 5) is 39.4. The summed E-state index contributed by atoms with van der Waals surface area (Å²) < 4.78 is 4.43. The highest BCUT2D eigenvalue weighted by Crippen LogP contribution is 2.15. The molecule has 9 heteroatoms. The van der Waals surface area contributed by atoms with Crippen molar-refractivity contribution in [1.29, 1.82) is 0 Å². The van der Waals surface area contributed by atoms with Crippen molar-refractivity contribution >= 4 is 11.7 Å². The van der Waals surface area contributed by atoms with Crippen LogP contribution < -0.4 is 5.56 Å². The SMILES string of the molecule is COC(=O)Cc1c(O)n[13c](Cc2ccc([N+](=O)[O-])cc2)[nH]c1=O. The lowest BCUT2D eigenvalue weighted by Gasteiger charge is -2.05. The number of nitro groups is 1. The van der Waals surface area contributed by atoms with Crippen LogP contribution in [0.5, 0.6) is 5.88 Å². The molecule has 0 atom stereocenters. The number of H-pyrrole nitrogens is 1. The van der Waals surface area contributed by atoms with Gasteiger partial charge in [-0.3, -0.25) is 19.7 Å². The van der Waals surface area contributed by atoms with Crippen molar-refractivity contribution in [2.45, 2.75) is 12.8 Å². The van der Waals surface area contributed by atoms with E-state index in [1.54, 1.807) is 0 Å². The summed E-state index contributed by atoms with van der Waals surface area (Å²) in [6.45, 7) is 0. The number of aromatic hydroxyl groups is 1. The number of rotatable bonds is 5. The van der Waals surface area contributed by atoms with E-state index in [0.717, 1.165) is 0 Å². The first kappa shape index (κ1) is 16.1. The van der Waals surface area contributed by atoms with E-state index in [-0.39, 0.29) is 29.9 Å². The van der Waals surface area contributed by atoms with Gasteiger partial charge in [0.1, 0.15) is 5.82 Å². The summed E-state index contributed by atoms with van der Waals surface area (Å²) in [7, 11) is 1.17. The van der Waals surface area contributed by atoms with Gasteiger partial charge < -0.3 is 14.8 Å². The van der Waals surface area contributed by atoms with Crippen LogP contribution in [0.2, 0.25) is 0 Å². The van der Waals surface area contributed by atoms with Crippen LogP contribution in [0, 0.1) is 10.1 Å². The lowest BCUT2D eigenvalue weighted by atomic mass is 10.2. The molecule has 0 bridgehead atoms. The molecule has 1 aromatic heterocycles. The molecule has 120 valence electrons. The number of aromatic nitrogens is 2. The number of hydrogen-bond acceptors (Lipinski definition) is 7. The van der Waals surface area contributed by atoms with Crippen molar-refractivity contribution in [2.24, 2.45) is 0 Å². The number of hydrogen-bond donors (Lipinski definition) is 2. The number of methoxy groups -OCH3 is 1. The van der Waals surface area contributed by atoms with Crippen molar-refractivity contribution in [3.8, 4) is 5.88 Å². The van der Waals surface area contributed by atoms with E-state index in [9.17, 15) is 24.8 Å². The molecule has 0 fully saturated rings. The van der Waals surface area contributed by atoms with Gasteiger partial charge in [0.15, 0.2) is 0 Å². The van der Waals surface area contributed by atoms with E-state index in [0.29, 0.717) is 5.56 Å². The Hall–Kier alpha value is -3.23. The zero-order chi connectivity index (χ0) is 17.0. The smallest absolute Gasteiger partial charge is 0.310 e. The van der Waals surface area contributed by atoms with E-state index >= 15 is 0 Å². The van der Waals surface area contributed by atoms with Gasteiger partial charge in [-0.15, -0.1) is 0 Å². The Labute approximate surface area is 129 Å². The molecule has 0 saturated heterocycles.